The van der Waals surface area contributed by atoms with Gasteiger partial charge in [-0.05, 0) is 48.2 Å². The van der Waals surface area contributed by atoms with Gasteiger partial charge >= 0.3 is 5.97 Å². The number of halogens is 1. The second-order valence-electron chi connectivity index (χ2n) is 8.31. The van der Waals surface area contributed by atoms with Gasteiger partial charge in [0, 0.05) is 11.5 Å². The summed E-state index contributed by atoms with van der Waals surface area (Å²) in [4.78, 5) is 32.3. The number of hydrogen-bond acceptors (Lipinski definition) is 4. The molecule has 1 aliphatic rings. The molecule has 3 N–H and O–H groups in total. The van der Waals surface area contributed by atoms with E-state index in [2.05, 4.69) is 15.3 Å². The number of hydrogen-bond donors (Lipinski definition) is 3. The van der Waals surface area contributed by atoms with E-state index in [4.69, 9.17) is 0 Å². The summed E-state index contributed by atoms with van der Waals surface area (Å²) < 4.78 is 15.0. The van der Waals surface area contributed by atoms with Gasteiger partial charge in [-0.15, -0.1) is 0 Å². The summed E-state index contributed by atoms with van der Waals surface area (Å²) in [6, 6.07) is 19.2. The van der Waals surface area contributed by atoms with E-state index in [0.717, 1.165) is 11.0 Å². The number of para-hydroxylation sites is 2. The molecule has 1 fully saturated rings. The lowest BCUT2D eigenvalue weighted by Gasteiger charge is -2.17. The molecule has 0 unspecified atom stereocenters. The van der Waals surface area contributed by atoms with Crippen molar-refractivity contribution in [3.8, 4) is 11.1 Å². The predicted molar refractivity (Wildman–Crippen MR) is 124 cm³/mol. The lowest BCUT2D eigenvalue weighted by atomic mass is 9.85. The molecule has 5 rings (SSSR count). The number of aromatic amines is 1. The molecule has 166 valence electrons. The molecule has 0 spiro atoms. The van der Waals surface area contributed by atoms with Crippen LogP contribution in [-0.2, 0) is 4.79 Å². The molecule has 33 heavy (non-hydrogen) atoms. The summed E-state index contributed by atoms with van der Waals surface area (Å²) >= 11 is 0. The maximum absolute atomic E-state index is 15.0. The largest absolute Gasteiger partial charge is 0.481 e. The Morgan fingerprint density at radius 2 is 1.76 bits per heavy atom. The van der Waals surface area contributed by atoms with Crippen LogP contribution in [0.5, 0.6) is 0 Å². The number of carbonyl (C=O) groups is 2. The zero-order chi connectivity index (χ0) is 22.9. The van der Waals surface area contributed by atoms with Crippen molar-refractivity contribution in [1.29, 1.82) is 0 Å². The van der Waals surface area contributed by atoms with Gasteiger partial charge in [0.15, 0.2) is 5.78 Å². The molecule has 0 radical (unpaired) electrons. The number of nitrogens with one attached hydrogen (secondary N) is 2. The Balaban J connectivity index is 1.44. The van der Waals surface area contributed by atoms with Gasteiger partial charge in [-0.1, -0.05) is 48.9 Å². The SMILES string of the molecule is O=C(O)[C@@H]1CCC[C@H]1C(=O)c1ccccc1-c1ccc(Nc2nc3ccccc3[nH]2)c(F)c1. The highest BCUT2D eigenvalue weighted by Gasteiger charge is 2.38. The molecule has 1 aromatic heterocycles. The lowest BCUT2D eigenvalue weighted by molar-refractivity contribution is -0.142. The average Bonchev–Trinajstić information content (AvgIpc) is 3.47. The Hall–Kier alpha value is -4.00. The quantitative estimate of drug-likeness (QED) is 0.328. The average molecular weight is 443 g/mol. The molecular weight excluding hydrogens is 421 g/mol. The molecule has 3 aromatic carbocycles. The van der Waals surface area contributed by atoms with Gasteiger partial charge < -0.3 is 15.4 Å². The summed E-state index contributed by atoms with van der Waals surface area (Å²) in [7, 11) is 0. The van der Waals surface area contributed by atoms with Gasteiger partial charge in [-0.3, -0.25) is 9.59 Å². The minimum absolute atomic E-state index is 0.194. The third kappa shape index (κ3) is 3.98. The van der Waals surface area contributed by atoms with Crippen molar-refractivity contribution in [2.45, 2.75) is 19.3 Å². The first kappa shape index (κ1) is 20.9. The van der Waals surface area contributed by atoms with E-state index in [-0.39, 0.29) is 11.5 Å². The molecule has 0 aliphatic heterocycles. The number of carbonyl (C=O) groups excluding carboxylic acids is 1. The van der Waals surface area contributed by atoms with Crippen LogP contribution in [0.15, 0.2) is 66.7 Å². The zero-order valence-corrected chi connectivity index (χ0v) is 17.7. The third-order valence-corrected chi connectivity index (χ3v) is 6.28. The first-order valence-corrected chi connectivity index (χ1v) is 10.9. The molecule has 4 aromatic rings. The number of aliphatic carboxylic acids is 1. The second kappa shape index (κ2) is 8.50. The standard InChI is InChI=1S/C26H22FN3O3/c27-20-14-15(12-13-21(20)28-26-29-22-10-3-4-11-23(22)30-26)16-6-1-2-7-17(16)24(31)18-8-5-9-19(18)25(32)33/h1-4,6-7,10-14,18-19H,5,8-9H2,(H,32,33)(H2,28,29,30)/t18-,19-/m1/s1. The van der Waals surface area contributed by atoms with Crippen LogP contribution in [0.3, 0.4) is 0 Å². The van der Waals surface area contributed by atoms with Crippen molar-refractivity contribution < 1.29 is 19.1 Å². The Bertz CT molecular complexity index is 1330. The fraction of sp³-hybridized carbons (Fsp3) is 0.192. The number of aromatic nitrogens is 2. The third-order valence-electron chi connectivity index (χ3n) is 6.28. The van der Waals surface area contributed by atoms with Gasteiger partial charge in [-0.25, -0.2) is 9.37 Å². The number of nitrogens with zero attached hydrogens (tertiary/aromatic N) is 1. The summed E-state index contributed by atoms with van der Waals surface area (Å²) in [5.74, 6) is -2.41. The van der Waals surface area contributed by atoms with Gasteiger partial charge in [0.25, 0.3) is 0 Å². The van der Waals surface area contributed by atoms with Crippen LogP contribution in [-0.4, -0.2) is 26.8 Å². The monoisotopic (exact) mass is 443 g/mol. The van der Waals surface area contributed by atoms with E-state index >= 15 is 4.39 Å². The maximum Gasteiger partial charge on any atom is 0.307 e. The number of carboxylic acid groups (broad SMARTS) is 1. The Morgan fingerprint density at radius 3 is 2.55 bits per heavy atom. The van der Waals surface area contributed by atoms with E-state index in [0.29, 0.717) is 41.9 Å². The molecule has 1 heterocycles. The second-order valence-corrected chi connectivity index (χ2v) is 8.31. The van der Waals surface area contributed by atoms with Crippen molar-refractivity contribution in [2.24, 2.45) is 11.8 Å². The number of Topliss-reactive ketones (excluding diaryl/α,β-unsaturated/α-hetero) is 1. The number of benzene rings is 3. The summed E-state index contributed by atoms with van der Waals surface area (Å²) in [6.45, 7) is 0. The minimum atomic E-state index is -0.935. The van der Waals surface area contributed by atoms with E-state index in [1.165, 1.54) is 6.07 Å². The van der Waals surface area contributed by atoms with Crippen LogP contribution in [0.4, 0.5) is 16.0 Å². The molecule has 1 aliphatic carbocycles. The minimum Gasteiger partial charge on any atom is -0.481 e. The zero-order valence-electron chi connectivity index (χ0n) is 17.7. The highest BCUT2D eigenvalue weighted by molar-refractivity contribution is 6.05. The first-order chi connectivity index (χ1) is 16.0. The molecule has 2 atom stereocenters. The molecular formula is C26H22FN3O3. The number of H-pyrrole nitrogens is 1. The highest BCUT2D eigenvalue weighted by atomic mass is 19.1. The number of rotatable bonds is 6. The van der Waals surface area contributed by atoms with Crippen molar-refractivity contribution in [2.75, 3.05) is 5.32 Å². The van der Waals surface area contributed by atoms with E-state index in [1.54, 1.807) is 36.4 Å². The van der Waals surface area contributed by atoms with Crippen molar-refractivity contribution in [1.82, 2.24) is 9.97 Å². The van der Waals surface area contributed by atoms with Crippen LogP contribution in [0.2, 0.25) is 0 Å². The summed E-state index contributed by atoms with van der Waals surface area (Å²) in [5, 5.41) is 12.5. The Labute approximate surface area is 189 Å². The smallest absolute Gasteiger partial charge is 0.307 e. The number of anilines is 2. The Kier molecular flexibility index (Phi) is 5.38. The lowest BCUT2D eigenvalue weighted by Crippen LogP contribution is -2.25. The van der Waals surface area contributed by atoms with Gasteiger partial charge in [0.2, 0.25) is 5.95 Å². The molecule has 0 amide bonds. The summed E-state index contributed by atoms with van der Waals surface area (Å²) in [5.41, 5.74) is 3.44. The highest BCUT2D eigenvalue weighted by Crippen LogP contribution is 2.37. The normalized spacial score (nSPS) is 17.8. The molecule has 7 heteroatoms. The van der Waals surface area contributed by atoms with Gasteiger partial charge in [0.1, 0.15) is 5.82 Å². The van der Waals surface area contributed by atoms with Crippen LogP contribution in [0, 0.1) is 17.7 Å². The fourth-order valence-corrected chi connectivity index (χ4v) is 4.64. The molecule has 0 saturated heterocycles. The van der Waals surface area contributed by atoms with E-state index in [9.17, 15) is 14.7 Å². The van der Waals surface area contributed by atoms with E-state index in [1.807, 2.05) is 24.3 Å². The fourth-order valence-electron chi connectivity index (χ4n) is 4.64. The van der Waals surface area contributed by atoms with Crippen LogP contribution < -0.4 is 5.32 Å². The number of ketones is 1. The predicted octanol–water partition coefficient (Wildman–Crippen LogP) is 5.80. The molecule has 6 nitrogen and oxygen atoms in total. The topological polar surface area (TPSA) is 95.1 Å². The van der Waals surface area contributed by atoms with Crippen molar-refractivity contribution >= 4 is 34.4 Å². The van der Waals surface area contributed by atoms with Crippen molar-refractivity contribution in [3.05, 3.63) is 78.1 Å². The number of imidazole rings is 1. The summed E-state index contributed by atoms with van der Waals surface area (Å²) in [6.07, 6.45) is 1.77. The number of carboxylic acids is 1. The number of fused-ring (bicyclic) bond motifs is 1. The van der Waals surface area contributed by atoms with Crippen LogP contribution in [0.1, 0.15) is 29.6 Å². The maximum atomic E-state index is 15.0. The van der Waals surface area contributed by atoms with Crippen LogP contribution >= 0.6 is 0 Å². The van der Waals surface area contributed by atoms with Gasteiger partial charge in [0.05, 0.1) is 22.6 Å². The van der Waals surface area contributed by atoms with Crippen LogP contribution in [0.25, 0.3) is 22.2 Å². The van der Waals surface area contributed by atoms with Crippen molar-refractivity contribution in [3.63, 3.8) is 0 Å². The molecule has 1 saturated carbocycles. The first-order valence-electron chi connectivity index (χ1n) is 10.9. The Morgan fingerprint density at radius 1 is 1.00 bits per heavy atom. The van der Waals surface area contributed by atoms with E-state index < -0.39 is 23.6 Å². The molecule has 0 bridgehead atoms. The van der Waals surface area contributed by atoms with Gasteiger partial charge in [-0.2, -0.15) is 0 Å².